The summed E-state index contributed by atoms with van der Waals surface area (Å²) < 4.78 is 5.08. The fourth-order valence-corrected chi connectivity index (χ4v) is 2.36. The maximum atomic E-state index is 12.1. The Morgan fingerprint density at radius 3 is 2.75 bits per heavy atom. The monoisotopic (exact) mass is 267 g/mol. The zero-order valence-electron chi connectivity index (χ0n) is 11.0. The van der Waals surface area contributed by atoms with Gasteiger partial charge in [-0.1, -0.05) is 18.2 Å². The van der Waals surface area contributed by atoms with Crippen molar-refractivity contribution in [3.05, 3.63) is 59.2 Å². The summed E-state index contributed by atoms with van der Waals surface area (Å²) in [7, 11) is 0. The summed E-state index contributed by atoms with van der Waals surface area (Å²) in [6.45, 7) is 1.36. The molecule has 4 nitrogen and oxygen atoms in total. The van der Waals surface area contributed by atoms with Crippen LogP contribution in [0.1, 0.15) is 28.4 Å². The molecule has 0 aromatic heterocycles. The van der Waals surface area contributed by atoms with Gasteiger partial charge in [0.05, 0.1) is 0 Å². The third-order valence-electron chi connectivity index (χ3n) is 3.23. The number of amides is 1. The molecule has 3 rings (SSSR count). The molecule has 0 bridgehead atoms. The van der Waals surface area contributed by atoms with E-state index in [4.69, 9.17) is 4.74 Å². The van der Waals surface area contributed by atoms with Gasteiger partial charge in [-0.3, -0.25) is 9.59 Å². The van der Waals surface area contributed by atoms with E-state index < -0.39 is 0 Å². The van der Waals surface area contributed by atoms with Gasteiger partial charge in [-0.15, -0.1) is 0 Å². The van der Waals surface area contributed by atoms with Gasteiger partial charge in [-0.2, -0.15) is 0 Å². The predicted molar refractivity (Wildman–Crippen MR) is 75.0 cm³/mol. The largest absolute Gasteiger partial charge is 0.427 e. The molecule has 0 radical (unpaired) electrons. The van der Waals surface area contributed by atoms with Crippen molar-refractivity contribution in [3.63, 3.8) is 0 Å². The Morgan fingerprint density at radius 1 is 1.15 bits per heavy atom. The van der Waals surface area contributed by atoms with Gasteiger partial charge in [0.1, 0.15) is 5.75 Å². The van der Waals surface area contributed by atoms with Gasteiger partial charge < -0.3 is 10.1 Å². The molecule has 4 heteroatoms. The molecular formula is C16H13NO3. The van der Waals surface area contributed by atoms with Crippen molar-refractivity contribution >= 4 is 17.6 Å². The highest BCUT2D eigenvalue weighted by atomic mass is 16.5. The van der Waals surface area contributed by atoms with E-state index in [1.807, 2.05) is 24.3 Å². The summed E-state index contributed by atoms with van der Waals surface area (Å²) in [6.07, 6.45) is 0.624. The Morgan fingerprint density at radius 2 is 1.95 bits per heavy atom. The quantitative estimate of drug-likeness (QED) is 0.638. The van der Waals surface area contributed by atoms with Crippen molar-refractivity contribution in [2.45, 2.75) is 13.3 Å². The Bertz CT molecular complexity index is 707. The predicted octanol–water partition coefficient (Wildman–Crippen LogP) is 2.77. The number of nitrogens with one attached hydrogen (secondary N) is 1. The van der Waals surface area contributed by atoms with Crippen LogP contribution < -0.4 is 10.1 Å². The molecule has 1 amide bonds. The number of carbonyl (C=O) groups excluding carboxylic acids is 2. The standard InChI is InChI=1S/C16H13NO3/c1-10(18)20-13-6-7-15-12(9-13)8-11-4-2-3-5-14(11)16(19)17-15/h2-7,9H,8H2,1H3,(H,17,19). The summed E-state index contributed by atoms with van der Waals surface area (Å²) in [5, 5.41) is 2.88. The van der Waals surface area contributed by atoms with Gasteiger partial charge in [-0.05, 0) is 35.4 Å². The summed E-state index contributed by atoms with van der Waals surface area (Å²) in [4.78, 5) is 23.1. The molecule has 2 aromatic carbocycles. The van der Waals surface area contributed by atoms with Crippen molar-refractivity contribution in [3.8, 4) is 5.75 Å². The van der Waals surface area contributed by atoms with Crippen molar-refractivity contribution in [1.29, 1.82) is 0 Å². The third-order valence-corrected chi connectivity index (χ3v) is 3.23. The van der Waals surface area contributed by atoms with Crippen LogP contribution in [0.15, 0.2) is 42.5 Å². The Kier molecular flexibility index (Phi) is 2.99. The Balaban J connectivity index is 2.04. The number of hydrogen-bond acceptors (Lipinski definition) is 3. The van der Waals surface area contributed by atoms with E-state index >= 15 is 0 Å². The minimum atomic E-state index is -0.358. The van der Waals surface area contributed by atoms with Crippen LogP contribution in [0, 0.1) is 0 Å². The molecule has 1 aliphatic rings. The lowest BCUT2D eigenvalue weighted by Crippen LogP contribution is -2.11. The highest BCUT2D eigenvalue weighted by Gasteiger charge is 2.19. The summed E-state index contributed by atoms with van der Waals surface area (Å²) >= 11 is 0. The number of esters is 1. The molecule has 1 N–H and O–H groups in total. The van der Waals surface area contributed by atoms with Crippen molar-refractivity contribution < 1.29 is 14.3 Å². The minimum absolute atomic E-state index is 0.111. The molecule has 20 heavy (non-hydrogen) atoms. The molecular weight excluding hydrogens is 254 g/mol. The molecule has 0 spiro atoms. The minimum Gasteiger partial charge on any atom is -0.427 e. The summed E-state index contributed by atoms with van der Waals surface area (Å²) in [5.41, 5.74) is 3.32. The van der Waals surface area contributed by atoms with Crippen molar-refractivity contribution in [1.82, 2.24) is 0 Å². The van der Waals surface area contributed by atoms with E-state index in [1.54, 1.807) is 18.2 Å². The fourth-order valence-electron chi connectivity index (χ4n) is 2.36. The lowest BCUT2D eigenvalue weighted by atomic mass is 10.0. The SMILES string of the molecule is CC(=O)Oc1ccc2c(c1)Cc1ccccc1C(=O)N2. The van der Waals surface area contributed by atoms with Gasteiger partial charge in [0, 0.05) is 24.6 Å². The first kappa shape index (κ1) is 12.4. The van der Waals surface area contributed by atoms with Gasteiger partial charge in [-0.25, -0.2) is 0 Å². The Hall–Kier alpha value is -2.62. The van der Waals surface area contributed by atoms with Gasteiger partial charge in [0.2, 0.25) is 0 Å². The molecule has 1 heterocycles. The fraction of sp³-hybridized carbons (Fsp3) is 0.125. The number of carbonyl (C=O) groups is 2. The summed E-state index contributed by atoms with van der Waals surface area (Å²) in [6, 6.07) is 12.7. The smallest absolute Gasteiger partial charge is 0.308 e. The number of anilines is 1. The summed E-state index contributed by atoms with van der Waals surface area (Å²) in [5.74, 6) is 0.0208. The van der Waals surface area contributed by atoms with Crippen LogP contribution >= 0.6 is 0 Å². The molecule has 0 atom stereocenters. The average Bonchev–Trinajstić information content (AvgIpc) is 2.54. The topological polar surface area (TPSA) is 55.4 Å². The van der Waals surface area contributed by atoms with E-state index in [9.17, 15) is 9.59 Å². The van der Waals surface area contributed by atoms with E-state index in [0.717, 1.165) is 16.8 Å². The third kappa shape index (κ3) is 2.28. The number of rotatable bonds is 1. The van der Waals surface area contributed by atoms with Crippen molar-refractivity contribution in [2.75, 3.05) is 5.32 Å². The molecule has 0 unspecified atom stereocenters. The molecule has 0 aliphatic carbocycles. The van der Waals surface area contributed by atoms with Crippen LogP contribution in [0.3, 0.4) is 0 Å². The van der Waals surface area contributed by atoms with Crippen molar-refractivity contribution in [2.24, 2.45) is 0 Å². The van der Waals surface area contributed by atoms with Crippen LogP contribution in [-0.4, -0.2) is 11.9 Å². The van der Waals surface area contributed by atoms with Crippen LogP contribution in [0.25, 0.3) is 0 Å². The highest BCUT2D eigenvalue weighted by molar-refractivity contribution is 6.06. The normalized spacial score (nSPS) is 12.8. The number of hydrogen-bond donors (Lipinski definition) is 1. The van der Waals surface area contributed by atoms with Gasteiger partial charge >= 0.3 is 5.97 Å². The molecule has 0 saturated heterocycles. The molecule has 100 valence electrons. The van der Waals surface area contributed by atoms with E-state index in [-0.39, 0.29) is 11.9 Å². The zero-order valence-corrected chi connectivity index (χ0v) is 11.0. The number of benzene rings is 2. The van der Waals surface area contributed by atoms with Crippen LogP contribution in [0.5, 0.6) is 5.75 Å². The number of fused-ring (bicyclic) bond motifs is 2. The van der Waals surface area contributed by atoms with E-state index in [1.165, 1.54) is 6.92 Å². The first-order valence-electron chi connectivity index (χ1n) is 6.34. The highest BCUT2D eigenvalue weighted by Crippen LogP contribution is 2.29. The molecule has 1 aliphatic heterocycles. The lowest BCUT2D eigenvalue weighted by Gasteiger charge is -2.08. The van der Waals surface area contributed by atoms with E-state index in [0.29, 0.717) is 17.7 Å². The van der Waals surface area contributed by atoms with Crippen LogP contribution in [0.2, 0.25) is 0 Å². The first-order valence-corrected chi connectivity index (χ1v) is 6.34. The van der Waals surface area contributed by atoms with Crippen LogP contribution in [0.4, 0.5) is 5.69 Å². The van der Waals surface area contributed by atoms with E-state index in [2.05, 4.69) is 5.32 Å². The zero-order chi connectivity index (χ0) is 14.1. The maximum Gasteiger partial charge on any atom is 0.308 e. The molecule has 0 saturated carbocycles. The first-order chi connectivity index (χ1) is 9.63. The molecule has 0 fully saturated rings. The second kappa shape index (κ2) is 4.81. The molecule has 2 aromatic rings. The maximum absolute atomic E-state index is 12.1. The second-order valence-corrected chi connectivity index (χ2v) is 4.70. The van der Waals surface area contributed by atoms with Crippen LogP contribution in [-0.2, 0) is 11.2 Å². The second-order valence-electron chi connectivity index (χ2n) is 4.70. The number of ether oxygens (including phenoxy) is 1. The Labute approximate surface area is 116 Å². The lowest BCUT2D eigenvalue weighted by molar-refractivity contribution is -0.131. The van der Waals surface area contributed by atoms with Gasteiger partial charge in [0.15, 0.2) is 0 Å². The van der Waals surface area contributed by atoms with Gasteiger partial charge in [0.25, 0.3) is 5.91 Å². The average molecular weight is 267 g/mol.